The molecule has 1 aromatic carbocycles. The normalized spacial score (nSPS) is 18.2. The van der Waals surface area contributed by atoms with Crippen molar-refractivity contribution in [3.8, 4) is 0 Å². The molecule has 0 atom stereocenters. The Morgan fingerprint density at radius 1 is 1.24 bits per heavy atom. The van der Waals surface area contributed by atoms with E-state index in [2.05, 4.69) is 0 Å². The van der Waals surface area contributed by atoms with Gasteiger partial charge in [0.25, 0.3) is 0 Å². The Labute approximate surface area is 111 Å². The van der Waals surface area contributed by atoms with Crippen molar-refractivity contribution in [3.05, 3.63) is 35.4 Å². The lowest BCUT2D eigenvalue weighted by Crippen LogP contribution is -2.11. The van der Waals surface area contributed by atoms with E-state index >= 15 is 0 Å². The molecule has 2 rings (SSSR count). The van der Waals surface area contributed by atoms with Crippen LogP contribution in [0.3, 0.4) is 0 Å². The smallest absolute Gasteiger partial charge is 0.212 e. The van der Waals surface area contributed by atoms with E-state index in [-0.39, 0.29) is 5.75 Å². The number of hydrogen-bond donors (Lipinski definition) is 0. The van der Waals surface area contributed by atoms with Gasteiger partial charge in [0.2, 0.25) is 9.05 Å². The number of thioether (sulfide) groups is 1. The molecule has 0 bridgehead atoms. The molecular weight excluding hydrogens is 276 g/mol. The Hall–Kier alpha value is -0.190. The van der Waals surface area contributed by atoms with Crippen LogP contribution >= 0.6 is 22.4 Å². The van der Waals surface area contributed by atoms with Gasteiger partial charge in [-0.15, -0.1) is 0 Å². The van der Waals surface area contributed by atoms with Crippen LogP contribution in [-0.2, 0) is 14.8 Å². The van der Waals surface area contributed by atoms with Gasteiger partial charge in [0.15, 0.2) is 0 Å². The molecule has 1 aliphatic heterocycles. The summed E-state index contributed by atoms with van der Waals surface area (Å²) in [5, 5.41) is 0. The summed E-state index contributed by atoms with van der Waals surface area (Å²) in [5.41, 5.74) is 2.02. The third-order valence-electron chi connectivity index (χ3n) is 3.04. The summed E-state index contributed by atoms with van der Waals surface area (Å²) in [6.07, 6.45) is 2.26. The second-order valence-corrected chi connectivity index (χ2v) is 8.27. The first-order valence-electron chi connectivity index (χ1n) is 5.64. The molecule has 2 nitrogen and oxygen atoms in total. The molecule has 94 valence electrons. The molecule has 1 saturated heterocycles. The quantitative estimate of drug-likeness (QED) is 0.801. The summed E-state index contributed by atoms with van der Waals surface area (Å²) in [6.45, 7) is 0. The van der Waals surface area contributed by atoms with Crippen molar-refractivity contribution in [1.29, 1.82) is 0 Å². The van der Waals surface area contributed by atoms with E-state index in [4.69, 9.17) is 10.7 Å². The molecule has 0 spiro atoms. The summed E-state index contributed by atoms with van der Waals surface area (Å²) in [7, 11) is 1.88. The summed E-state index contributed by atoms with van der Waals surface area (Å²) in [4.78, 5) is 0. The van der Waals surface area contributed by atoms with Crippen molar-refractivity contribution in [1.82, 2.24) is 0 Å². The first-order chi connectivity index (χ1) is 8.06. The summed E-state index contributed by atoms with van der Waals surface area (Å²) >= 11 is 1.97. The van der Waals surface area contributed by atoms with Crippen molar-refractivity contribution in [2.45, 2.75) is 24.5 Å². The van der Waals surface area contributed by atoms with Crippen LogP contribution in [0.2, 0.25) is 0 Å². The van der Waals surface area contributed by atoms with Gasteiger partial charge < -0.3 is 0 Å². The van der Waals surface area contributed by atoms with Crippen LogP contribution < -0.4 is 0 Å². The lowest BCUT2D eigenvalue weighted by atomic mass is 9.90. The lowest BCUT2D eigenvalue weighted by molar-refractivity contribution is 0.606. The molecule has 1 aliphatic rings. The van der Waals surface area contributed by atoms with Gasteiger partial charge in [-0.1, -0.05) is 24.3 Å². The second kappa shape index (κ2) is 5.63. The van der Waals surface area contributed by atoms with E-state index in [9.17, 15) is 8.42 Å². The van der Waals surface area contributed by atoms with Gasteiger partial charge in [-0.3, -0.25) is 0 Å². The Morgan fingerprint density at radius 3 is 2.53 bits per heavy atom. The fourth-order valence-corrected chi connectivity index (χ4v) is 4.35. The highest BCUT2D eigenvalue weighted by atomic mass is 35.7. The molecule has 0 aromatic heterocycles. The zero-order valence-electron chi connectivity index (χ0n) is 9.43. The molecule has 17 heavy (non-hydrogen) atoms. The molecule has 1 aromatic rings. The van der Waals surface area contributed by atoms with Gasteiger partial charge in [-0.05, 0) is 41.4 Å². The van der Waals surface area contributed by atoms with Crippen molar-refractivity contribution in [2.75, 3.05) is 11.5 Å². The highest BCUT2D eigenvalue weighted by Gasteiger charge is 2.20. The minimum absolute atomic E-state index is 0.0611. The fourth-order valence-electron chi connectivity index (χ4n) is 2.26. The van der Waals surface area contributed by atoms with Crippen LogP contribution in [0.25, 0.3) is 0 Å². The standard InChI is InChI=1S/C12H15ClO2S2/c13-17(14,15)9-11-3-1-2-4-12(11)10-5-7-16-8-6-10/h1-4,10H,5-9H2. The topological polar surface area (TPSA) is 34.1 Å². The fraction of sp³-hybridized carbons (Fsp3) is 0.500. The Bertz CT molecular complexity index is 479. The van der Waals surface area contributed by atoms with Gasteiger partial charge in [-0.25, -0.2) is 8.42 Å². The van der Waals surface area contributed by atoms with Gasteiger partial charge >= 0.3 is 0 Å². The predicted octanol–water partition coefficient (Wildman–Crippen LogP) is 3.37. The number of benzene rings is 1. The van der Waals surface area contributed by atoms with E-state index in [0.717, 1.165) is 35.5 Å². The zero-order chi connectivity index (χ0) is 12.3. The second-order valence-electron chi connectivity index (χ2n) is 4.27. The highest BCUT2D eigenvalue weighted by molar-refractivity contribution is 8.13. The minimum Gasteiger partial charge on any atom is -0.212 e. The van der Waals surface area contributed by atoms with Crippen molar-refractivity contribution in [3.63, 3.8) is 0 Å². The van der Waals surface area contributed by atoms with Crippen molar-refractivity contribution in [2.24, 2.45) is 0 Å². The molecule has 0 aliphatic carbocycles. The van der Waals surface area contributed by atoms with Crippen LogP contribution in [0.15, 0.2) is 24.3 Å². The molecule has 1 fully saturated rings. The number of rotatable bonds is 3. The Balaban J connectivity index is 2.26. The molecule has 0 unspecified atom stereocenters. The van der Waals surface area contributed by atoms with Gasteiger partial charge in [-0.2, -0.15) is 11.8 Å². The average molecular weight is 291 g/mol. The first-order valence-corrected chi connectivity index (χ1v) is 9.27. The van der Waals surface area contributed by atoms with Crippen LogP contribution in [0.1, 0.15) is 29.9 Å². The number of halogens is 1. The largest absolute Gasteiger partial charge is 0.236 e. The number of hydrogen-bond acceptors (Lipinski definition) is 3. The van der Waals surface area contributed by atoms with Gasteiger partial charge in [0.05, 0.1) is 5.75 Å². The molecule has 5 heteroatoms. The SMILES string of the molecule is O=S(=O)(Cl)Cc1ccccc1C1CCSCC1. The molecule has 0 N–H and O–H groups in total. The third kappa shape index (κ3) is 3.90. The maximum absolute atomic E-state index is 11.2. The van der Waals surface area contributed by atoms with Crippen LogP contribution in [0.4, 0.5) is 0 Å². The predicted molar refractivity (Wildman–Crippen MR) is 74.2 cm³/mol. The third-order valence-corrected chi connectivity index (χ3v) is 5.08. The zero-order valence-corrected chi connectivity index (χ0v) is 11.8. The average Bonchev–Trinajstić information content (AvgIpc) is 2.29. The van der Waals surface area contributed by atoms with E-state index in [1.807, 2.05) is 36.0 Å². The maximum atomic E-state index is 11.2. The minimum atomic E-state index is -3.47. The van der Waals surface area contributed by atoms with E-state index in [1.165, 1.54) is 0 Å². The summed E-state index contributed by atoms with van der Waals surface area (Å²) in [6, 6.07) is 7.76. The van der Waals surface area contributed by atoms with Crippen LogP contribution in [0, 0.1) is 0 Å². The van der Waals surface area contributed by atoms with E-state index in [1.54, 1.807) is 0 Å². The van der Waals surface area contributed by atoms with E-state index in [0.29, 0.717) is 5.92 Å². The molecule has 0 amide bonds. The van der Waals surface area contributed by atoms with Gasteiger partial charge in [0.1, 0.15) is 0 Å². The van der Waals surface area contributed by atoms with Crippen molar-refractivity contribution >= 4 is 31.5 Å². The Kier molecular flexibility index (Phi) is 4.39. The lowest BCUT2D eigenvalue weighted by Gasteiger charge is -2.23. The van der Waals surface area contributed by atoms with Crippen LogP contribution in [0.5, 0.6) is 0 Å². The van der Waals surface area contributed by atoms with Gasteiger partial charge in [0, 0.05) is 10.7 Å². The Morgan fingerprint density at radius 2 is 1.88 bits per heavy atom. The summed E-state index contributed by atoms with van der Waals surface area (Å²) in [5.74, 6) is 2.75. The molecule has 0 radical (unpaired) electrons. The van der Waals surface area contributed by atoms with Crippen molar-refractivity contribution < 1.29 is 8.42 Å². The molecule has 1 heterocycles. The monoisotopic (exact) mass is 290 g/mol. The molecule has 0 saturated carbocycles. The van der Waals surface area contributed by atoms with Crippen LogP contribution in [-0.4, -0.2) is 19.9 Å². The first kappa shape index (κ1) is 13.2. The van der Waals surface area contributed by atoms with E-state index < -0.39 is 9.05 Å². The summed E-state index contributed by atoms with van der Waals surface area (Å²) < 4.78 is 22.4. The maximum Gasteiger partial charge on any atom is 0.236 e. The highest BCUT2D eigenvalue weighted by Crippen LogP contribution is 2.34. The molecular formula is C12H15ClO2S2.